The molecule has 0 radical (unpaired) electrons. The van der Waals surface area contributed by atoms with Crippen LogP contribution in [-0.4, -0.2) is 27.7 Å². The first-order chi connectivity index (χ1) is 8.86. The van der Waals surface area contributed by atoms with Gasteiger partial charge in [0.25, 0.3) is 5.56 Å². The van der Waals surface area contributed by atoms with E-state index in [0.29, 0.717) is 5.69 Å². The van der Waals surface area contributed by atoms with Gasteiger partial charge >= 0.3 is 10.4 Å². The van der Waals surface area contributed by atoms with Crippen LogP contribution in [0.4, 0.5) is 11.4 Å². The zero-order valence-corrected chi connectivity index (χ0v) is 10.2. The predicted octanol–water partition coefficient (Wildman–Crippen LogP) is 1.47. The van der Waals surface area contributed by atoms with Crippen LogP contribution in [-0.2, 0) is 10.4 Å². The summed E-state index contributed by atoms with van der Waals surface area (Å²) in [5, 5.41) is 12.6. The van der Waals surface area contributed by atoms with Gasteiger partial charge in [-0.2, -0.15) is 13.5 Å². The minimum Gasteiger partial charge on any atom is -0.303 e. The number of hydrogen-bond acceptors (Lipinski definition) is 5. The average molecular weight is 286 g/mol. The van der Waals surface area contributed by atoms with Crippen LogP contribution >= 0.6 is 0 Å². The van der Waals surface area contributed by atoms with Gasteiger partial charge in [-0.15, -0.1) is 5.11 Å². The number of nitrogens with zero attached hydrogens (tertiary/aromatic N) is 2. The Hall–Kier alpha value is -2.30. The lowest BCUT2D eigenvalue weighted by Crippen LogP contribution is -1.96. The standard InChI is InChI=1S/C9H8N4O.H2O4S/c14-9-8(6-10-13-9)12-11-7-4-2-1-3-5-7;1-5(2,3)4/h1-6H,(H2,10,13,14);(H2,1,2,3,4). The van der Waals surface area contributed by atoms with Crippen LogP contribution in [0.5, 0.6) is 0 Å². The van der Waals surface area contributed by atoms with Gasteiger partial charge in [0.2, 0.25) is 0 Å². The number of rotatable bonds is 2. The van der Waals surface area contributed by atoms with Crippen molar-refractivity contribution in [3.8, 4) is 0 Å². The summed E-state index contributed by atoms with van der Waals surface area (Å²) in [5.74, 6) is 0. The number of H-pyrrole nitrogens is 2. The summed E-state index contributed by atoms with van der Waals surface area (Å²) in [4.78, 5) is 11.0. The van der Waals surface area contributed by atoms with Crippen LogP contribution in [0.15, 0.2) is 51.6 Å². The van der Waals surface area contributed by atoms with Crippen molar-refractivity contribution in [2.75, 3.05) is 0 Å². The van der Waals surface area contributed by atoms with Crippen LogP contribution < -0.4 is 5.56 Å². The molecule has 1 heterocycles. The zero-order valence-electron chi connectivity index (χ0n) is 9.39. The second kappa shape index (κ2) is 6.58. The highest BCUT2D eigenvalue weighted by molar-refractivity contribution is 7.79. The Morgan fingerprint density at radius 2 is 1.63 bits per heavy atom. The second-order valence-corrected chi connectivity index (χ2v) is 4.01. The van der Waals surface area contributed by atoms with Gasteiger partial charge in [-0.25, -0.2) is 0 Å². The highest BCUT2D eigenvalue weighted by atomic mass is 32.3. The van der Waals surface area contributed by atoms with E-state index in [1.807, 2.05) is 30.3 Å². The van der Waals surface area contributed by atoms with Crippen molar-refractivity contribution in [2.24, 2.45) is 10.2 Å². The predicted molar refractivity (Wildman–Crippen MR) is 66.2 cm³/mol. The highest BCUT2D eigenvalue weighted by Crippen LogP contribution is 2.13. The van der Waals surface area contributed by atoms with Crippen molar-refractivity contribution >= 4 is 21.8 Å². The van der Waals surface area contributed by atoms with E-state index in [0.717, 1.165) is 0 Å². The Bertz CT molecular complexity index is 681. The molecule has 0 amide bonds. The van der Waals surface area contributed by atoms with E-state index < -0.39 is 10.4 Å². The van der Waals surface area contributed by atoms with E-state index >= 15 is 0 Å². The normalized spacial score (nSPS) is 11.1. The molecule has 0 saturated heterocycles. The lowest BCUT2D eigenvalue weighted by Gasteiger charge is -1.87. The molecule has 0 aliphatic carbocycles. The second-order valence-electron chi connectivity index (χ2n) is 3.11. The number of benzene rings is 1. The Kier molecular flexibility index (Phi) is 5.11. The van der Waals surface area contributed by atoms with Crippen LogP contribution in [0.25, 0.3) is 0 Å². The van der Waals surface area contributed by atoms with Gasteiger partial charge in [0.1, 0.15) is 0 Å². The third kappa shape index (κ3) is 6.88. The average Bonchev–Trinajstić information content (AvgIpc) is 2.71. The molecule has 0 fully saturated rings. The zero-order chi connectivity index (χ0) is 14.3. The van der Waals surface area contributed by atoms with Crippen molar-refractivity contribution in [1.29, 1.82) is 0 Å². The molecule has 0 atom stereocenters. The molecular formula is C9H10N4O5S. The van der Waals surface area contributed by atoms with Crippen molar-refractivity contribution in [3.63, 3.8) is 0 Å². The van der Waals surface area contributed by atoms with Crippen molar-refractivity contribution < 1.29 is 17.5 Å². The number of hydrogen-bond donors (Lipinski definition) is 4. The summed E-state index contributed by atoms with van der Waals surface area (Å²) in [5.41, 5.74) is 0.714. The first kappa shape index (κ1) is 14.8. The first-order valence-corrected chi connectivity index (χ1v) is 6.18. The summed E-state index contributed by atoms with van der Waals surface area (Å²) >= 11 is 0. The maximum atomic E-state index is 11.0. The largest absolute Gasteiger partial charge is 0.394 e. The van der Waals surface area contributed by atoms with Crippen LogP contribution in [0.2, 0.25) is 0 Å². The van der Waals surface area contributed by atoms with Gasteiger partial charge in [0.15, 0.2) is 5.69 Å². The molecular weight excluding hydrogens is 276 g/mol. The molecule has 0 bridgehead atoms. The van der Waals surface area contributed by atoms with Crippen molar-refractivity contribution in [2.45, 2.75) is 0 Å². The van der Waals surface area contributed by atoms with Crippen LogP contribution in [0.3, 0.4) is 0 Å². The molecule has 0 saturated carbocycles. The molecule has 102 valence electrons. The van der Waals surface area contributed by atoms with Gasteiger partial charge in [0.05, 0.1) is 11.9 Å². The fourth-order valence-electron chi connectivity index (χ4n) is 0.980. The van der Waals surface area contributed by atoms with E-state index in [2.05, 4.69) is 20.4 Å². The Balaban J connectivity index is 0.000000312. The third-order valence-electron chi connectivity index (χ3n) is 1.66. The molecule has 4 N–H and O–H groups in total. The molecule has 19 heavy (non-hydrogen) atoms. The van der Waals surface area contributed by atoms with Crippen LogP contribution in [0, 0.1) is 0 Å². The van der Waals surface area contributed by atoms with Gasteiger partial charge in [-0.05, 0) is 12.1 Å². The molecule has 0 unspecified atom stereocenters. The fourth-order valence-corrected chi connectivity index (χ4v) is 0.980. The Morgan fingerprint density at radius 3 is 2.11 bits per heavy atom. The molecule has 0 aliphatic heterocycles. The maximum absolute atomic E-state index is 11.0. The molecule has 0 spiro atoms. The summed E-state index contributed by atoms with van der Waals surface area (Å²) in [6.45, 7) is 0. The third-order valence-corrected chi connectivity index (χ3v) is 1.66. The minimum absolute atomic E-state index is 0.272. The number of nitrogens with one attached hydrogen (secondary N) is 2. The molecule has 2 rings (SSSR count). The van der Waals surface area contributed by atoms with Gasteiger partial charge in [-0.1, -0.05) is 18.2 Å². The van der Waals surface area contributed by atoms with E-state index in [4.69, 9.17) is 17.5 Å². The molecule has 9 nitrogen and oxygen atoms in total. The van der Waals surface area contributed by atoms with Crippen molar-refractivity contribution in [1.82, 2.24) is 10.2 Å². The summed E-state index contributed by atoms with van der Waals surface area (Å²) in [6, 6.07) is 9.22. The molecule has 1 aromatic carbocycles. The monoisotopic (exact) mass is 286 g/mol. The first-order valence-electron chi connectivity index (χ1n) is 4.79. The number of azo groups is 1. The van der Waals surface area contributed by atoms with E-state index in [1.165, 1.54) is 6.20 Å². The minimum atomic E-state index is -4.67. The van der Waals surface area contributed by atoms with Gasteiger partial charge in [-0.3, -0.25) is 19.0 Å². The number of aromatic amines is 2. The molecule has 2 aromatic rings. The highest BCUT2D eigenvalue weighted by Gasteiger charge is 1.95. The summed E-state index contributed by atoms with van der Waals surface area (Å²) < 4.78 is 31.6. The Morgan fingerprint density at radius 1 is 1.05 bits per heavy atom. The summed E-state index contributed by atoms with van der Waals surface area (Å²) in [6.07, 6.45) is 1.47. The fraction of sp³-hybridized carbons (Fsp3) is 0. The summed E-state index contributed by atoms with van der Waals surface area (Å²) in [7, 11) is -4.67. The SMILES string of the molecule is O=S(=O)(O)O.O=c1[nH][nH]cc1N=Nc1ccccc1. The number of aromatic nitrogens is 2. The van der Waals surface area contributed by atoms with E-state index in [9.17, 15) is 4.79 Å². The maximum Gasteiger partial charge on any atom is 0.394 e. The Labute approximate surface area is 107 Å². The smallest absolute Gasteiger partial charge is 0.303 e. The lowest BCUT2D eigenvalue weighted by atomic mass is 10.3. The molecule has 10 heteroatoms. The van der Waals surface area contributed by atoms with Gasteiger partial charge in [0, 0.05) is 0 Å². The quantitative estimate of drug-likeness (QED) is 0.487. The van der Waals surface area contributed by atoms with E-state index in [1.54, 1.807) is 0 Å². The van der Waals surface area contributed by atoms with Crippen molar-refractivity contribution in [3.05, 3.63) is 46.9 Å². The lowest BCUT2D eigenvalue weighted by molar-refractivity contribution is 0.381. The topological polar surface area (TPSA) is 148 Å². The molecule has 0 aliphatic rings. The van der Waals surface area contributed by atoms with E-state index in [-0.39, 0.29) is 11.2 Å². The molecule has 1 aromatic heterocycles. The van der Waals surface area contributed by atoms with Crippen LogP contribution in [0.1, 0.15) is 0 Å². The van der Waals surface area contributed by atoms with Gasteiger partial charge < -0.3 is 5.10 Å².